The standard InChI is InChI=1S/C17H25O2.3CH3.Sn/c1-15(13-18)9-10-17(2,3)11-12-19-14-16-7-5-4-6-8-16;;;;/h4-9,18H,1,10-14H2,2-3H3;3*1H3;/b15-9-;;;;. The normalized spacial score (nSPS) is 13.4. The zero-order chi connectivity index (χ0) is 17.3. The van der Waals surface area contributed by atoms with Gasteiger partial charge in [0.15, 0.2) is 0 Å². The van der Waals surface area contributed by atoms with Gasteiger partial charge in [0, 0.05) is 0 Å². The minimum absolute atomic E-state index is 0.213. The van der Waals surface area contributed by atoms with Crippen LogP contribution >= 0.6 is 0 Å². The fourth-order valence-corrected chi connectivity index (χ4v) is 7.13. The van der Waals surface area contributed by atoms with E-state index in [-0.39, 0.29) is 12.0 Å². The molecule has 0 bridgehead atoms. The molecular formula is C20H34O2Sn. The van der Waals surface area contributed by atoms with Crippen molar-refractivity contribution in [3.63, 3.8) is 0 Å². The fraction of sp³-hybridized carbons (Fsp3) is 0.600. The molecule has 0 saturated heterocycles. The number of hydrogen-bond donors (Lipinski definition) is 1. The molecule has 0 aromatic heterocycles. The summed E-state index contributed by atoms with van der Waals surface area (Å²) >= 11 is -1.87. The van der Waals surface area contributed by atoms with Crippen LogP contribution in [0.5, 0.6) is 0 Å². The number of aliphatic hydroxyl groups excluding tert-OH is 1. The molecular weight excluding hydrogens is 391 g/mol. The summed E-state index contributed by atoms with van der Waals surface area (Å²) in [7, 11) is 0. The third kappa shape index (κ3) is 10.2. The summed E-state index contributed by atoms with van der Waals surface area (Å²) in [4.78, 5) is 7.25. The van der Waals surface area contributed by atoms with Gasteiger partial charge in [-0.3, -0.25) is 0 Å². The van der Waals surface area contributed by atoms with Crippen molar-refractivity contribution in [3.05, 3.63) is 47.5 Å². The van der Waals surface area contributed by atoms with E-state index in [1.165, 1.54) is 11.1 Å². The van der Waals surface area contributed by atoms with Crippen LogP contribution in [0.25, 0.3) is 0 Å². The fourth-order valence-electron chi connectivity index (χ4n) is 2.51. The van der Waals surface area contributed by atoms with E-state index in [4.69, 9.17) is 4.74 Å². The second-order valence-corrected chi connectivity index (χ2v) is 24.0. The molecule has 0 spiro atoms. The van der Waals surface area contributed by atoms with Crippen molar-refractivity contribution < 1.29 is 9.84 Å². The number of rotatable bonds is 10. The van der Waals surface area contributed by atoms with Gasteiger partial charge in [-0.15, -0.1) is 0 Å². The molecule has 1 N–H and O–H groups in total. The Kier molecular flexibility index (Phi) is 8.87. The van der Waals surface area contributed by atoms with Crippen LogP contribution in [0.1, 0.15) is 32.3 Å². The Labute approximate surface area is 146 Å². The van der Waals surface area contributed by atoms with Crippen LogP contribution in [-0.2, 0) is 11.3 Å². The van der Waals surface area contributed by atoms with Crippen LogP contribution in [0.15, 0.2) is 42.0 Å². The van der Waals surface area contributed by atoms with Crippen LogP contribution in [0.2, 0.25) is 19.3 Å². The third-order valence-corrected chi connectivity index (χ3v) is 8.26. The molecule has 3 heteroatoms. The third-order valence-electron chi connectivity index (χ3n) is 3.94. The summed E-state index contributed by atoms with van der Waals surface area (Å²) in [5, 5.41) is 9.57. The second kappa shape index (κ2) is 9.85. The molecule has 130 valence electrons. The molecule has 0 unspecified atom stereocenters. The van der Waals surface area contributed by atoms with Crippen LogP contribution in [0.4, 0.5) is 0 Å². The number of hydrogen-bond acceptors (Lipinski definition) is 2. The maximum atomic E-state index is 9.57. The van der Waals surface area contributed by atoms with Gasteiger partial charge >= 0.3 is 141 Å². The molecule has 0 heterocycles. The Morgan fingerprint density at radius 3 is 2.39 bits per heavy atom. The predicted molar refractivity (Wildman–Crippen MR) is 102 cm³/mol. The summed E-state index contributed by atoms with van der Waals surface area (Å²) < 4.78 is 6.97. The van der Waals surface area contributed by atoms with Crippen molar-refractivity contribution in [2.24, 2.45) is 5.41 Å². The van der Waals surface area contributed by atoms with Crippen molar-refractivity contribution in [2.45, 2.75) is 52.6 Å². The first-order chi connectivity index (χ1) is 10.7. The van der Waals surface area contributed by atoms with Gasteiger partial charge in [-0.1, -0.05) is 6.07 Å². The van der Waals surface area contributed by atoms with Crippen LogP contribution in [0.3, 0.4) is 0 Å². The molecule has 0 atom stereocenters. The van der Waals surface area contributed by atoms with E-state index in [0.29, 0.717) is 6.61 Å². The predicted octanol–water partition coefficient (Wildman–Crippen LogP) is 5.27. The van der Waals surface area contributed by atoms with E-state index >= 15 is 0 Å². The van der Waals surface area contributed by atoms with Gasteiger partial charge in [0.25, 0.3) is 0 Å². The topological polar surface area (TPSA) is 29.5 Å². The van der Waals surface area contributed by atoms with Crippen LogP contribution in [-0.4, -0.2) is 36.7 Å². The Morgan fingerprint density at radius 2 is 1.83 bits per heavy atom. The Morgan fingerprint density at radius 1 is 1.17 bits per heavy atom. The average Bonchev–Trinajstić information content (AvgIpc) is 2.48. The Balaban J connectivity index is 2.37. The molecule has 23 heavy (non-hydrogen) atoms. The van der Waals surface area contributed by atoms with Crippen molar-refractivity contribution in [3.8, 4) is 0 Å². The molecule has 1 rings (SSSR count). The van der Waals surface area contributed by atoms with E-state index in [9.17, 15) is 5.11 Å². The molecule has 2 nitrogen and oxygen atoms in total. The van der Waals surface area contributed by atoms with Gasteiger partial charge in [0.1, 0.15) is 0 Å². The number of allylic oxidation sites excluding steroid dienone is 1. The van der Waals surface area contributed by atoms with Crippen molar-refractivity contribution in [1.82, 2.24) is 0 Å². The zero-order valence-electron chi connectivity index (χ0n) is 15.6. The van der Waals surface area contributed by atoms with E-state index in [2.05, 4.69) is 46.9 Å². The molecule has 1 aromatic rings. The minimum atomic E-state index is -1.87. The summed E-state index contributed by atoms with van der Waals surface area (Å²) in [6.45, 7) is 6.25. The first kappa shape index (κ1) is 20.7. The number of aliphatic hydroxyl groups is 1. The Bertz CT molecular complexity index is 472. The number of benzene rings is 1. The van der Waals surface area contributed by atoms with Gasteiger partial charge < -0.3 is 0 Å². The van der Waals surface area contributed by atoms with Gasteiger partial charge in [-0.2, -0.15) is 0 Å². The first-order valence-electron chi connectivity index (χ1n) is 8.62. The maximum absolute atomic E-state index is 9.57. The quantitative estimate of drug-likeness (QED) is 0.315. The zero-order valence-corrected chi connectivity index (χ0v) is 18.4. The summed E-state index contributed by atoms with van der Waals surface area (Å²) in [6.07, 6.45) is 4.33. The van der Waals surface area contributed by atoms with E-state index < -0.39 is 18.4 Å². The van der Waals surface area contributed by atoms with Crippen LogP contribution < -0.4 is 0 Å². The molecule has 0 saturated carbocycles. The molecule has 0 aliphatic carbocycles. The van der Waals surface area contributed by atoms with E-state index in [1.807, 2.05) is 18.2 Å². The number of ether oxygens (including phenoxy) is 1. The van der Waals surface area contributed by atoms with E-state index in [1.54, 1.807) is 0 Å². The summed E-state index contributed by atoms with van der Waals surface area (Å²) in [5.41, 5.74) is 2.68. The molecule has 0 aliphatic heterocycles. The second-order valence-electron chi connectivity index (χ2n) is 8.41. The molecule has 1 aromatic carbocycles. The molecule has 0 fully saturated rings. The molecule has 0 amide bonds. The monoisotopic (exact) mass is 426 g/mol. The van der Waals surface area contributed by atoms with Gasteiger partial charge in [0.05, 0.1) is 0 Å². The SMILES string of the molecule is CC(C)(C/C=C(\CO)[CH2][Sn]([CH3])([CH3])[CH3])CCOCc1ccccc1. The van der Waals surface area contributed by atoms with E-state index in [0.717, 1.165) is 23.9 Å². The van der Waals surface area contributed by atoms with Gasteiger partial charge in [0.2, 0.25) is 0 Å². The molecule has 0 aliphatic rings. The van der Waals surface area contributed by atoms with Gasteiger partial charge in [-0.25, -0.2) is 0 Å². The van der Waals surface area contributed by atoms with Gasteiger partial charge in [-0.05, 0) is 0 Å². The van der Waals surface area contributed by atoms with Crippen molar-refractivity contribution in [2.75, 3.05) is 13.2 Å². The molecule has 0 radical (unpaired) electrons. The average molecular weight is 425 g/mol. The summed E-state index contributed by atoms with van der Waals surface area (Å²) in [5.74, 6) is 0. The summed E-state index contributed by atoms with van der Waals surface area (Å²) in [6, 6.07) is 10.3. The van der Waals surface area contributed by atoms with Crippen molar-refractivity contribution >= 4 is 18.4 Å². The first-order valence-corrected chi connectivity index (χ1v) is 19.2. The van der Waals surface area contributed by atoms with Crippen LogP contribution in [0, 0.1) is 5.41 Å². The van der Waals surface area contributed by atoms with Crippen molar-refractivity contribution in [1.29, 1.82) is 0 Å². The Hall–Kier alpha value is -0.321.